The highest BCUT2D eigenvalue weighted by atomic mass is 35.5. The summed E-state index contributed by atoms with van der Waals surface area (Å²) in [6.07, 6.45) is -4.51. The summed E-state index contributed by atoms with van der Waals surface area (Å²) in [7, 11) is 0. The Labute approximate surface area is 187 Å². The highest BCUT2D eigenvalue weighted by Crippen LogP contribution is 2.33. The zero-order valence-electron chi connectivity index (χ0n) is 15.9. The predicted octanol–water partition coefficient (Wildman–Crippen LogP) is 6.06. The van der Waals surface area contributed by atoms with Gasteiger partial charge in [0.05, 0.1) is 16.3 Å². The SMILES string of the molecule is O=C(NC(=S)Nc1ccc(C(F)(F)F)cc1Cl)c1ccc(OCc2ccccc2)cc1. The Morgan fingerprint density at radius 1 is 1.00 bits per heavy atom. The number of anilines is 1. The summed E-state index contributed by atoms with van der Waals surface area (Å²) >= 11 is 10.9. The summed E-state index contributed by atoms with van der Waals surface area (Å²) in [5.41, 5.74) is 0.606. The van der Waals surface area contributed by atoms with Crippen LogP contribution in [0.5, 0.6) is 5.75 Å². The predicted molar refractivity (Wildman–Crippen MR) is 117 cm³/mol. The Kier molecular flexibility index (Phi) is 7.14. The largest absolute Gasteiger partial charge is 0.489 e. The fourth-order valence-electron chi connectivity index (χ4n) is 2.57. The Hall–Kier alpha value is -3.10. The lowest BCUT2D eigenvalue weighted by atomic mass is 10.2. The number of alkyl halides is 3. The number of thiocarbonyl (C=S) groups is 1. The number of carbonyl (C=O) groups is 1. The molecule has 0 saturated heterocycles. The van der Waals surface area contributed by atoms with Gasteiger partial charge in [-0.25, -0.2) is 0 Å². The molecule has 9 heteroatoms. The van der Waals surface area contributed by atoms with Gasteiger partial charge in [-0.2, -0.15) is 13.2 Å². The highest BCUT2D eigenvalue weighted by molar-refractivity contribution is 7.80. The second kappa shape index (κ2) is 9.80. The van der Waals surface area contributed by atoms with E-state index in [2.05, 4.69) is 10.6 Å². The molecule has 3 aromatic rings. The van der Waals surface area contributed by atoms with Crippen molar-refractivity contribution in [2.24, 2.45) is 0 Å². The molecule has 0 aliphatic rings. The van der Waals surface area contributed by atoms with Gasteiger partial charge in [0.25, 0.3) is 5.91 Å². The second-order valence-corrected chi connectivity index (χ2v) is 7.21. The molecule has 0 atom stereocenters. The smallest absolute Gasteiger partial charge is 0.416 e. The summed E-state index contributed by atoms with van der Waals surface area (Å²) in [4.78, 5) is 12.3. The summed E-state index contributed by atoms with van der Waals surface area (Å²) in [6, 6.07) is 18.9. The van der Waals surface area contributed by atoms with Crippen LogP contribution in [0.2, 0.25) is 5.02 Å². The van der Waals surface area contributed by atoms with E-state index >= 15 is 0 Å². The van der Waals surface area contributed by atoms with E-state index in [0.29, 0.717) is 17.9 Å². The topological polar surface area (TPSA) is 50.4 Å². The van der Waals surface area contributed by atoms with E-state index < -0.39 is 17.6 Å². The lowest BCUT2D eigenvalue weighted by molar-refractivity contribution is -0.137. The molecule has 0 aliphatic heterocycles. The number of nitrogens with one attached hydrogen (secondary N) is 2. The van der Waals surface area contributed by atoms with Crippen molar-refractivity contribution in [1.82, 2.24) is 5.32 Å². The van der Waals surface area contributed by atoms with Crippen LogP contribution in [0.3, 0.4) is 0 Å². The van der Waals surface area contributed by atoms with Crippen LogP contribution in [0.25, 0.3) is 0 Å². The third-order valence-electron chi connectivity index (χ3n) is 4.14. The van der Waals surface area contributed by atoms with Crippen molar-refractivity contribution in [3.05, 3.63) is 94.5 Å². The number of rotatable bonds is 5. The molecule has 0 spiro atoms. The summed E-state index contributed by atoms with van der Waals surface area (Å²) in [5, 5.41) is 4.79. The lowest BCUT2D eigenvalue weighted by Crippen LogP contribution is -2.34. The van der Waals surface area contributed by atoms with Crippen LogP contribution in [0.4, 0.5) is 18.9 Å². The van der Waals surface area contributed by atoms with Gasteiger partial charge in [-0.3, -0.25) is 10.1 Å². The van der Waals surface area contributed by atoms with Crippen molar-refractivity contribution in [3.63, 3.8) is 0 Å². The average Bonchev–Trinajstić information content (AvgIpc) is 2.74. The molecular weight excluding hydrogens is 449 g/mol. The van der Waals surface area contributed by atoms with Gasteiger partial charge >= 0.3 is 6.18 Å². The molecule has 0 unspecified atom stereocenters. The molecule has 0 aliphatic carbocycles. The van der Waals surface area contributed by atoms with Crippen LogP contribution in [0.1, 0.15) is 21.5 Å². The Bertz CT molecular complexity index is 1070. The molecule has 1 amide bonds. The van der Waals surface area contributed by atoms with Gasteiger partial charge in [-0.1, -0.05) is 41.9 Å². The van der Waals surface area contributed by atoms with E-state index in [1.807, 2.05) is 30.3 Å². The molecule has 0 saturated carbocycles. The van der Waals surface area contributed by atoms with Crippen molar-refractivity contribution in [3.8, 4) is 5.75 Å². The van der Waals surface area contributed by atoms with E-state index in [1.165, 1.54) is 0 Å². The molecule has 0 fully saturated rings. The zero-order valence-corrected chi connectivity index (χ0v) is 17.4. The van der Waals surface area contributed by atoms with Crippen molar-refractivity contribution in [1.29, 1.82) is 0 Å². The molecule has 4 nitrogen and oxygen atoms in total. The summed E-state index contributed by atoms with van der Waals surface area (Å²) in [6.45, 7) is 0.397. The first-order valence-electron chi connectivity index (χ1n) is 8.98. The van der Waals surface area contributed by atoms with Gasteiger partial charge in [0.15, 0.2) is 5.11 Å². The van der Waals surface area contributed by atoms with Crippen LogP contribution in [-0.2, 0) is 12.8 Å². The molecule has 2 N–H and O–H groups in total. The Balaban J connectivity index is 1.55. The molecule has 0 aromatic heterocycles. The van der Waals surface area contributed by atoms with E-state index in [0.717, 1.165) is 23.8 Å². The maximum atomic E-state index is 12.7. The van der Waals surface area contributed by atoms with Gasteiger partial charge in [0.1, 0.15) is 12.4 Å². The molecule has 0 heterocycles. The van der Waals surface area contributed by atoms with E-state index in [1.54, 1.807) is 24.3 Å². The molecule has 3 aromatic carbocycles. The normalized spacial score (nSPS) is 11.0. The van der Waals surface area contributed by atoms with Crippen molar-refractivity contribution in [2.45, 2.75) is 12.8 Å². The van der Waals surface area contributed by atoms with Gasteiger partial charge in [0.2, 0.25) is 0 Å². The van der Waals surface area contributed by atoms with Crippen molar-refractivity contribution in [2.75, 3.05) is 5.32 Å². The number of amides is 1. The monoisotopic (exact) mass is 464 g/mol. The van der Waals surface area contributed by atoms with Crippen LogP contribution in [-0.4, -0.2) is 11.0 Å². The summed E-state index contributed by atoms with van der Waals surface area (Å²) < 4.78 is 43.8. The first-order chi connectivity index (χ1) is 14.7. The highest BCUT2D eigenvalue weighted by Gasteiger charge is 2.30. The third-order valence-corrected chi connectivity index (χ3v) is 4.65. The third kappa shape index (κ3) is 6.44. The van der Waals surface area contributed by atoms with Crippen LogP contribution in [0, 0.1) is 0 Å². The number of halogens is 4. The minimum Gasteiger partial charge on any atom is -0.489 e. The Morgan fingerprint density at radius 2 is 1.68 bits per heavy atom. The summed E-state index contributed by atoms with van der Waals surface area (Å²) in [5.74, 6) is 0.104. The van der Waals surface area contributed by atoms with Crippen molar-refractivity contribution < 1.29 is 22.7 Å². The van der Waals surface area contributed by atoms with Crippen LogP contribution in [0.15, 0.2) is 72.8 Å². The fraction of sp³-hybridized carbons (Fsp3) is 0.0909. The van der Waals surface area contributed by atoms with E-state index in [9.17, 15) is 18.0 Å². The molecule has 31 heavy (non-hydrogen) atoms. The van der Waals surface area contributed by atoms with Gasteiger partial charge in [-0.15, -0.1) is 0 Å². The average molecular weight is 465 g/mol. The minimum atomic E-state index is -4.51. The zero-order chi connectivity index (χ0) is 22.4. The van der Waals surface area contributed by atoms with Gasteiger partial charge in [-0.05, 0) is 60.2 Å². The number of hydrogen-bond acceptors (Lipinski definition) is 3. The maximum absolute atomic E-state index is 12.7. The number of carbonyl (C=O) groups excluding carboxylic acids is 1. The standard InChI is InChI=1S/C22H16ClF3N2O2S/c23-18-12-16(22(24,25)26)8-11-19(18)27-21(31)28-20(29)15-6-9-17(10-7-15)30-13-14-4-2-1-3-5-14/h1-12H,13H2,(H2,27,28,29,31). The molecule has 0 bridgehead atoms. The van der Waals surface area contributed by atoms with Gasteiger partial charge in [0, 0.05) is 5.56 Å². The van der Waals surface area contributed by atoms with E-state index in [-0.39, 0.29) is 15.8 Å². The quantitative estimate of drug-likeness (QED) is 0.450. The van der Waals surface area contributed by atoms with Crippen molar-refractivity contribution >= 4 is 40.5 Å². The Morgan fingerprint density at radius 3 is 2.29 bits per heavy atom. The molecule has 160 valence electrons. The molecule has 0 radical (unpaired) electrons. The maximum Gasteiger partial charge on any atom is 0.416 e. The van der Waals surface area contributed by atoms with Crippen LogP contribution >= 0.6 is 23.8 Å². The second-order valence-electron chi connectivity index (χ2n) is 6.40. The molecule has 3 rings (SSSR count). The number of ether oxygens (including phenoxy) is 1. The first kappa shape index (κ1) is 22.6. The fourth-order valence-corrected chi connectivity index (χ4v) is 3.00. The first-order valence-corrected chi connectivity index (χ1v) is 9.77. The molecular formula is C22H16ClF3N2O2S. The number of benzene rings is 3. The number of hydrogen-bond donors (Lipinski definition) is 2. The lowest BCUT2D eigenvalue weighted by Gasteiger charge is -2.13. The van der Waals surface area contributed by atoms with Gasteiger partial charge < -0.3 is 10.1 Å². The van der Waals surface area contributed by atoms with Crippen LogP contribution < -0.4 is 15.4 Å². The van der Waals surface area contributed by atoms with E-state index in [4.69, 9.17) is 28.6 Å². The minimum absolute atomic E-state index is 0.101.